The molecule has 0 spiro atoms. The Hall–Kier alpha value is -4.45. The van der Waals surface area contributed by atoms with Crippen LogP contribution in [0.1, 0.15) is 23.4 Å². The van der Waals surface area contributed by atoms with Crippen LogP contribution in [0.25, 0.3) is 22.6 Å². The molecule has 0 bridgehead atoms. The van der Waals surface area contributed by atoms with Crippen LogP contribution in [0, 0.1) is 0 Å². The van der Waals surface area contributed by atoms with Gasteiger partial charge >= 0.3 is 0 Å². The summed E-state index contributed by atoms with van der Waals surface area (Å²) >= 11 is 0. The number of carbonyl (C=O) groups excluding carboxylic acids is 1. The lowest BCUT2D eigenvalue weighted by atomic mass is 10.1. The van der Waals surface area contributed by atoms with Gasteiger partial charge in [0.15, 0.2) is 11.7 Å². The average Bonchev–Trinajstić information content (AvgIpc) is 3.56. The van der Waals surface area contributed by atoms with Gasteiger partial charge in [0.25, 0.3) is 0 Å². The molecule has 0 radical (unpaired) electrons. The van der Waals surface area contributed by atoms with Gasteiger partial charge < -0.3 is 9.32 Å². The fraction of sp³-hybridized carbons (Fsp3) is 0.167. The van der Waals surface area contributed by atoms with Gasteiger partial charge in [-0.1, -0.05) is 91.0 Å². The van der Waals surface area contributed by atoms with Crippen LogP contribution in [0.5, 0.6) is 0 Å². The first-order chi connectivity index (χ1) is 17.7. The summed E-state index contributed by atoms with van der Waals surface area (Å²) in [6.45, 7) is 1.21. The molecule has 0 aliphatic heterocycles. The fourth-order valence-corrected chi connectivity index (χ4v) is 4.16. The van der Waals surface area contributed by atoms with Gasteiger partial charge in [-0.3, -0.25) is 9.48 Å². The molecule has 0 atom stereocenters. The topological polar surface area (TPSA) is 64.2 Å². The normalized spacial score (nSPS) is 10.9. The van der Waals surface area contributed by atoms with Gasteiger partial charge in [-0.25, -0.2) is 4.98 Å². The number of aryl methyl sites for hydroxylation is 1. The summed E-state index contributed by atoms with van der Waals surface area (Å²) in [5, 5.41) is 4.44. The molecular weight excluding hydrogens is 448 g/mol. The van der Waals surface area contributed by atoms with Crippen molar-refractivity contribution in [3.8, 4) is 22.6 Å². The Balaban J connectivity index is 1.23. The highest BCUT2D eigenvalue weighted by atomic mass is 16.4. The molecule has 0 aliphatic carbocycles. The fourth-order valence-electron chi connectivity index (χ4n) is 4.16. The second kappa shape index (κ2) is 10.9. The summed E-state index contributed by atoms with van der Waals surface area (Å²) in [6, 6.07) is 30.1. The minimum Gasteiger partial charge on any atom is -0.440 e. The largest absolute Gasteiger partial charge is 0.440 e. The molecule has 2 heterocycles. The summed E-state index contributed by atoms with van der Waals surface area (Å²) in [7, 11) is 1.82. The maximum Gasteiger partial charge on any atom is 0.223 e. The van der Waals surface area contributed by atoms with Crippen molar-refractivity contribution in [2.24, 2.45) is 0 Å². The summed E-state index contributed by atoms with van der Waals surface area (Å²) in [5.41, 5.74) is 4.93. The molecule has 0 saturated carbocycles. The zero-order valence-corrected chi connectivity index (χ0v) is 20.2. The van der Waals surface area contributed by atoms with Crippen LogP contribution in [-0.4, -0.2) is 32.6 Å². The number of nitrogens with zero attached hydrogens (tertiary/aromatic N) is 4. The van der Waals surface area contributed by atoms with Gasteiger partial charge in [0, 0.05) is 49.3 Å². The number of carbonyl (C=O) groups is 1. The first kappa shape index (κ1) is 23.3. The standard InChI is InChI=1S/C30H28N4O2/c1-33(20-24-19-31-34(22-24)21-23-11-5-2-6-12-23)28(35)18-17-27-32-29(25-13-7-3-8-14-25)30(36-27)26-15-9-4-10-16-26/h2-16,19,22H,17-18,20-21H2,1H3. The van der Waals surface area contributed by atoms with Crippen molar-refractivity contribution >= 4 is 5.91 Å². The Labute approximate surface area is 210 Å². The van der Waals surface area contributed by atoms with Crippen molar-refractivity contribution in [3.05, 3.63) is 120 Å². The van der Waals surface area contributed by atoms with Gasteiger partial charge in [-0.15, -0.1) is 0 Å². The van der Waals surface area contributed by atoms with Crippen molar-refractivity contribution in [2.75, 3.05) is 7.05 Å². The molecular formula is C30H28N4O2. The molecule has 0 aliphatic rings. The van der Waals surface area contributed by atoms with Crippen LogP contribution in [0.3, 0.4) is 0 Å². The van der Waals surface area contributed by atoms with Crippen LogP contribution in [0.15, 0.2) is 108 Å². The van der Waals surface area contributed by atoms with Gasteiger partial charge in [0.05, 0.1) is 12.7 Å². The summed E-state index contributed by atoms with van der Waals surface area (Å²) in [5.74, 6) is 1.32. The molecule has 3 aromatic carbocycles. The van der Waals surface area contributed by atoms with E-state index in [1.165, 1.54) is 5.56 Å². The van der Waals surface area contributed by atoms with E-state index in [9.17, 15) is 4.79 Å². The third kappa shape index (κ3) is 5.61. The number of amides is 1. The smallest absolute Gasteiger partial charge is 0.223 e. The lowest BCUT2D eigenvalue weighted by molar-refractivity contribution is -0.130. The number of hydrogen-bond acceptors (Lipinski definition) is 4. The van der Waals surface area contributed by atoms with E-state index in [2.05, 4.69) is 17.2 Å². The lowest BCUT2D eigenvalue weighted by Gasteiger charge is -2.15. The number of aromatic nitrogens is 3. The van der Waals surface area contributed by atoms with Crippen molar-refractivity contribution in [1.29, 1.82) is 0 Å². The molecule has 0 fully saturated rings. The van der Waals surface area contributed by atoms with Crippen molar-refractivity contribution in [2.45, 2.75) is 25.9 Å². The maximum absolute atomic E-state index is 12.9. The first-order valence-corrected chi connectivity index (χ1v) is 12.1. The minimum atomic E-state index is 0.0338. The number of oxazole rings is 1. The highest BCUT2D eigenvalue weighted by Crippen LogP contribution is 2.32. The molecule has 0 N–H and O–H groups in total. The van der Waals surface area contributed by atoms with Crippen LogP contribution >= 0.6 is 0 Å². The minimum absolute atomic E-state index is 0.0338. The monoisotopic (exact) mass is 476 g/mol. The molecule has 2 aromatic heterocycles. The second-order valence-electron chi connectivity index (χ2n) is 8.80. The van der Waals surface area contributed by atoms with Gasteiger partial charge in [0.2, 0.25) is 5.91 Å². The van der Waals surface area contributed by atoms with Crippen LogP contribution < -0.4 is 0 Å². The van der Waals surface area contributed by atoms with E-state index in [1.54, 1.807) is 4.90 Å². The molecule has 6 heteroatoms. The zero-order chi connectivity index (χ0) is 24.7. The van der Waals surface area contributed by atoms with Crippen LogP contribution in [0.4, 0.5) is 0 Å². The first-order valence-electron chi connectivity index (χ1n) is 12.1. The summed E-state index contributed by atoms with van der Waals surface area (Å²) in [6.07, 6.45) is 4.56. The molecule has 5 rings (SSSR count). The number of hydrogen-bond donors (Lipinski definition) is 0. The molecule has 180 valence electrons. The Morgan fingerprint density at radius 1 is 0.861 bits per heavy atom. The third-order valence-electron chi connectivity index (χ3n) is 6.03. The van der Waals surface area contributed by atoms with Crippen molar-refractivity contribution < 1.29 is 9.21 Å². The Kier molecular flexibility index (Phi) is 7.03. The zero-order valence-electron chi connectivity index (χ0n) is 20.2. The molecule has 1 amide bonds. The molecule has 0 unspecified atom stereocenters. The van der Waals surface area contributed by atoms with Gasteiger partial charge in [-0.2, -0.15) is 5.10 Å². The van der Waals surface area contributed by atoms with E-state index in [0.29, 0.717) is 31.8 Å². The van der Waals surface area contributed by atoms with Gasteiger partial charge in [-0.05, 0) is 5.56 Å². The van der Waals surface area contributed by atoms with Crippen LogP contribution in [0.2, 0.25) is 0 Å². The lowest BCUT2D eigenvalue weighted by Crippen LogP contribution is -2.26. The predicted molar refractivity (Wildman–Crippen MR) is 140 cm³/mol. The van der Waals surface area contributed by atoms with E-state index >= 15 is 0 Å². The van der Waals surface area contributed by atoms with E-state index in [-0.39, 0.29) is 5.91 Å². The van der Waals surface area contributed by atoms with Crippen molar-refractivity contribution in [1.82, 2.24) is 19.7 Å². The van der Waals surface area contributed by atoms with E-state index in [0.717, 1.165) is 28.1 Å². The second-order valence-corrected chi connectivity index (χ2v) is 8.80. The molecule has 6 nitrogen and oxygen atoms in total. The highest BCUT2D eigenvalue weighted by Gasteiger charge is 2.18. The predicted octanol–water partition coefficient (Wildman–Crippen LogP) is 5.84. The summed E-state index contributed by atoms with van der Waals surface area (Å²) < 4.78 is 8.06. The summed E-state index contributed by atoms with van der Waals surface area (Å²) in [4.78, 5) is 19.4. The molecule has 0 saturated heterocycles. The number of rotatable bonds is 9. The molecule has 5 aromatic rings. The quantitative estimate of drug-likeness (QED) is 0.268. The van der Waals surface area contributed by atoms with E-state index in [1.807, 2.05) is 103 Å². The maximum atomic E-state index is 12.9. The SMILES string of the molecule is CN(Cc1cnn(Cc2ccccc2)c1)C(=O)CCc1nc(-c2ccccc2)c(-c2ccccc2)o1. The van der Waals surface area contributed by atoms with Gasteiger partial charge in [0.1, 0.15) is 5.69 Å². The Morgan fingerprint density at radius 2 is 1.50 bits per heavy atom. The highest BCUT2D eigenvalue weighted by molar-refractivity contribution is 5.78. The van der Waals surface area contributed by atoms with Crippen LogP contribution in [-0.2, 0) is 24.3 Å². The average molecular weight is 477 g/mol. The molecule has 36 heavy (non-hydrogen) atoms. The van der Waals surface area contributed by atoms with E-state index in [4.69, 9.17) is 9.40 Å². The number of benzene rings is 3. The van der Waals surface area contributed by atoms with Crippen molar-refractivity contribution in [3.63, 3.8) is 0 Å². The third-order valence-corrected chi connectivity index (χ3v) is 6.03. The van der Waals surface area contributed by atoms with E-state index < -0.39 is 0 Å². The Morgan fingerprint density at radius 3 is 2.19 bits per heavy atom. The Bertz CT molecular complexity index is 1350.